The minimum absolute atomic E-state index is 0.0885. The SMILES string of the molecule is O=C1OC(O)(C(=O)Nc2cc(Cl)cc(Cl)c2)c2ccccc21. The van der Waals surface area contributed by atoms with Gasteiger partial charge >= 0.3 is 17.7 Å². The Labute approximate surface area is 135 Å². The molecule has 0 spiro atoms. The van der Waals surface area contributed by atoms with E-state index in [1.54, 1.807) is 12.1 Å². The van der Waals surface area contributed by atoms with Crippen molar-refractivity contribution in [2.75, 3.05) is 5.32 Å². The Kier molecular flexibility index (Phi) is 3.56. The number of rotatable bonds is 2. The Balaban J connectivity index is 1.94. The largest absolute Gasteiger partial charge is 0.415 e. The van der Waals surface area contributed by atoms with E-state index in [2.05, 4.69) is 5.32 Å². The molecule has 112 valence electrons. The van der Waals surface area contributed by atoms with E-state index in [0.717, 1.165) is 0 Å². The molecule has 2 aromatic rings. The van der Waals surface area contributed by atoms with E-state index >= 15 is 0 Å². The van der Waals surface area contributed by atoms with Crippen LogP contribution in [0, 0.1) is 0 Å². The number of aliphatic hydroxyl groups is 1. The molecule has 0 saturated heterocycles. The topological polar surface area (TPSA) is 75.6 Å². The van der Waals surface area contributed by atoms with Crippen LogP contribution in [-0.4, -0.2) is 17.0 Å². The summed E-state index contributed by atoms with van der Waals surface area (Å²) in [6, 6.07) is 10.5. The van der Waals surface area contributed by atoms with E-state index in [-0.39, 0.29) is 16.8 Å². The van der Waals surface area contributed by atoms with Gasteiger partial charge in [-0.3, -0.25) is 4.79 Å². The summed E-state index contributed by atoms with van der Waals surface area (Å²) in [5.74, 6) is -4.07. The molecule has 0 aliphatic carbocycles. The van der Waals surface area contributed by atoms with Gasteiger partial charge in [0.05, 0.1) is 5.56 Å². The van der Waals surface area contributed by atoms with Gasteiger partial charge in [-0.15, -0.1) is 0 Å². The number of carbonyl (C=O) groups excluding carboxylic acids is 2. The number of amides is 1. The Morgan fingerprint density at radius 1 is 1.14 bits per heavy atom. The van der Waals surface area contributed by atoms with Gasteiger partial charge in [-0.2, -0.15) is 0 Å². The maximum atomic E-state index is 12.3. The number of carbonyl (C=O) groups is 2. The number of esters is 1. The number of benzene rings is 2. The quantitative estimate of drug-likeness (QED) is 0.826. The molecule has 1 aliphatic heterocycles. The van der Waals surface area contributed by atoms with Crippen LogP contribution in [0.15, 0.2) is 42.5 Å². The average molecular weight is 338 g/mol. The highest BCUT2D eigenvalue weighted by molar-refractivity contribution is 6.35. The molecule has 0 bridgehead atoms. The zero-order valence-corrected chi connectivity index (χ0v) is 12.5. The van der Waals surface area contributed by atoms with E-state index in [0.29, 0.717) is 10.0 Å². The molecule has 2 aromatic carbocycles. The van der Waals surface area contributed by atoms with Crippen LogP contribution in [0.1, 0.15) is 15.9 Å². The van der Waals surface area contributed by atoms with Gasteiger partial charge in [-0.25, -0.2) is 4.79 Å². The van der Waals surface area contributed by atoms with Crippen LogP contribution in [0.5, 0.6) is 0 Å². The molecular weight excluding hydrogens is 329 g/mol. The monoisotopic (exact) mass is 337 g/mol. The predicted molar refractivity (Wildman–Crippen MR) is 80.8 cm³/mol. The van der Waals surface area contributed by atoms with Crippen LogP contribution >= 0.6 is 23.2 Å². The highest BCUT2D eigenvalue weighted by Gasteiger charge is 2.50. The standard InChI is InChI=1S/C15H9Cl2NO4/c16-8-5-9(17)7-10(6-8)18-14(20)15(21)12-4-2-1-3-11(12)13(19)22-15/h1-7,21H,(H,18,20). The van der Waals surface area contributed by atoms with E-state index in [1.807, 2.05) is 0 Å². The van der Waals surface area contributed by atoms with E-state index in [4.69, 9.17) is 27.9 Å². The molecule has 1 amide bonds. The van der Waals surface area contributed by atoms with Crippen molar-refractivity contribution in [2.24, 2.45) is 0 Å². The molecule has 5 nitrogen and oxygen atoms in total. The maximum absolute atomic E-state index is 12.3. The normalized spacial score (nSPS) is 19.5. The smallest absolute Gasteiger partial charge is 0.341 e. The van der Waals surface area contributed by atoms with Gasteiger partial charge in [0.2, 0.25) is 0 Å². The van der Waals surface area contributed by atoms with Crippen LogP contribution < -0.4 is 5.32 Å². The summed E-state index contributed by atoms with van der Waals surface area (Å²) in [6.45, 7) is 0. The van der Waals surface area contributed by atoms with Gasteiger partial charge in [-0.05, 0) is 24.3 Å². The van der Waals surface area contributed by atoms with Crippen molar-refractivity contribution in [3.8, 4) is 0 Å². The summed E-state index contributed by atoms with van der Waals surface area (Å²) < 4.78 is 4.85. The fraction of sp³-hybridized carbons (Fsp3) is 0.0667. The third-order valence-electron chi connectivity index (χ3n) is 3.18. The number of halogens is 2. The van der Waals surface area contributed by atoms with Crippen molar-refractivity contribution in [3.05, 3.63) is 63.6 Å². The van der Waals surface area contributed by atoms with Crippen molar-refractivity contribution in [3.63, 3.8) is 0 Å². The number of ether oxygens (including phenoxy) is 1. The van der Waals surface area contributed by atoms with E-state index in [9.17, 15) is 14.7 Å². The average Bonchev–Trinajstić information content (AvgIpc) is 2.71. The lowest BCUT2D eigenvalue weighted by atomic mass is 10.0. The van der Waals surface area contributed by atoms with Gasteiger partial charge in [0.1, 0.15) is 0 Å². The first kappa shape index (κ1) is 14.8. The second-order valence-corrected chi connectivity index (χ2v) is 5.56. The summed E-state index contributed by atoms with van der Waals surface area (Å²) in [6.07, 6.45) is 0. The number of anilines is 1. The summed E-state index contributed by atoms with van der Waals surface area (Å²) in [7, 11) is 0. The fourth-order valence-electron chi connectivity index (χ4n) is 2.21. The van der Waals surface area contributed by atoms with Crippen LogP contribution in [0.2, 0.25) is 10.0 Å². The summed E-state index contributed by atoms with van der Waals surface area (Å²) in [4.78, 5) is 24.1. The van der Waals surface area contributed by atoms with Crippen LogP contribution in [-0.2, 0) is 15.3 Å². The lowest BCUT2D eigenvalue weighted by Gasteiger charge is -2.21. The van der Waals surface area contributed by atoms with Crippen LogP contribution in [0.3, 0.4) is 0 Å². The molecule has 0 radical (unpaired) electrons. The number of nitrogens with one attached hydrogen (secondary N) is 1. The van der Waals surface area contributed by atoms with Crippen molar-refractivity contribution in [2.45, 2.75) is 5.79 Å². The first-order valence-electron chi connectivity index (χ1n) is 6.23. The lowest BCUT2D eigenvalue weighted by Crippen LogP contribution is -2.40. The molecular formula is C15H9Cl2NO4. The molecule has 2 N–H and O–H groups in total. The molecule has 0 aromatic heterocycles. The minimum atomic E-state index is -2.39. The van der Waals surface area contributed by atoms with Gasteiger partial charge in [-0.1, -0.05) is 41.4 Å². The predicted octanol–water partition coefficient (Wildman–Crippen LogP) is 2.95. The summed E-state index contributed by atoms with van der Waals surface area (Å²) in [5.41, 5.74) is 0.506. The summed E-state index contributed by atoms with van der Waals surface area (Å²) >= 11 is 11.7. The second-order valence-electron chi connectivity index (χ2n) is 4.69. The molecule has 7 heteroatoms. The van der Waals surface area contributed by atoms with Crippen molar-refractivity contribution < 1.29 is 19.4 Å². The van der Waals surface area contributed by atoms with Gasteiger partial charge in [0.25, 0.3) is 0 Å². The van der Waals surface area contributed by atoms with Crippen molar-refractivity contribution in [1.29, 1.82) is 0 Å². The Morgan fingerprint density at radius 2 is 1.77 bits per heavy atom. The number of hydrogen-bond acceptors (Lipinski definition) is 4. The Morgan fingerprint density at radius 3 is 2.45 bits per heavy atom. The zero-order chi connectivity index (χ0) is 15.9. The van der Waals surface area contributed by atoms with E-state index in [1.165, 1.54) is 30.3 Å². The summed E-state index contributed by atoms with van der Waals surface area (Å²) in [5, 5.41) is 13.5. The van der Waals surface area contributed by atoms with Crippen molar-refractivity contribution in [1.82, 2.24) is 0 Å². The molecule has 0 saturated carbocycles. The van der Waals surface area contributed by atoms with Crippen LogP contribution in [0.4, 0.5) is 5.69 Å². The Bertz CT molecular complexity index is 773. The molecule has 0 fully saturated rings. The Hall–Kier alpha value is -2.08. The van der Waals surface area contributed by atoms with Crippen molar-refractivity contribution >= 4 is 40.8 Å². The maximum Gasteiger partial charge on any atom is 0.341 e. The molecule has 1 heterocycles. The fourth-order valence-corrected chi connectivity index (χ4v) is 2.74. The highest BCUT2D eigenvalue weighted by Crippen LogP contribution is 2.35. The van der Waals surface area contributed by atoms with Gasteiger partial charge in [0.15, 0.2) is 0 Å². The zero-order valence-electron chi connectivity index (χ0n) is 11.0. The molecule has 1 aliphatic rings. The molecule has 1 unspecified atom stereocenters. The number of hydrogen-bond donors (Lipinski definition) is 2. The van der Waals surface area contributed by atoms with E-state index < -0.39 is 17.7 Å². The minimum Gasteiger partial charge on any atom is -0.415 e. The third-order valence-corrected chi connectivity index (χ3v) is 3.62. The first-order chi connectivity index (χ1) is 10.4. The first-order valence-corrected chi connectivity index (χ1v) is 6.98. The number of fused-ring (bicyclic) bond motifs is 1. The molecule has 22 heavy (non-hydrogen) atoms. The highest BCUT2D eigenvalue weighted by atomic mass is 35.5. The lowest BCUT2D eigenvalue weighted by molar-refractivity contribution is -0.180. The second kappa shape index (κ2) is 5.28. The number of cyclic esters (lactones) is 1. The molecule has 3 rings (SSSR count). The van der Waals surface area contributed by atoms with Crippen LogP contribution in [0.25, 0.3) is 0 Å². The van der Waals surface area contributed by atoms with Gasteiger partial charge < -0.3 is 15.2 Å². The third kappa shape index (κ3) is 2.43. The molecule has 1 atom stereocenters. The van der Waals surface area contributed by atoms with Gasteiger partial charge in [0, 0.05) is 21.3 Å².